The van der Waals surface area contributed by atoms with E-state index >= 15 is 0 Å². The van der Waals surface area contributed by atoms with Crippen molar-refractivity contribution >= 4 is 0 Å². The Balaban J connectivity index is 2.33. The summed E-state index contributed by atoms with van der Waals surface area (Å²) in [5.74, 6) is 1.32. The molecular weight excluding hydrogens is 206 g/mol. The van der Waals surface area contributed by atoms with Crippen LogP contribution >= 0.6 is 0 Å². The van der Waals surface area contributed by atoms with E-state index in [4.69, 9.17) is 10.5 Å². The quantitative estimate of drug-likeness (QED) is 0.771. The van der Waals surface area contributed by atoms with Gasteiger partial charge in [0.15, 0.2) is 5.82 Å². The number of tetrazole rings is 1. The number of nitrogens with two attached hydrogens (primary N) is 1. The first-order chi connectivity index (χ1) is 7.85. The van der Waals surface area contributed by atoms with E-state index in [2.05, 4.69) is 20.6 Å². The maximum absolute atomic E-state index is 5.73. The Labute approximate surface area is 92.8 Å². The van der Waals surface area contributed by atoms with Gasteiger partial charge in [-0.3, -0.25) is 0 Å². The summed E-state index contributed by atoms with van der Waals surface area (Å²) in [5, 5.41) is 13.9. The number of aromatic amines is 1. The van der Waals surface area contributed by atoms with Gasteiger partial charge in [0.2, 0.25) is 0 Å². The van der Waals surface area contributed by atoms with Gasteiger partial charge in [-0.25, -0.2) is 0 Å². The average molecular weight is 219 g/mol. The molecule has 1 heterocycles. The molecule has 2 aromatic rings. The number of methoxy groups -OCH3 is 1. The molecule has 84 valence electrons. The third-order valence-corrected chi connectivity index (χ3v) is 2.41. The summed E-state index contributed by atoms with van der Waals surface area (Å²) in [6.07, 6.45) is 0. The van der Waals surface area contributed by atoms with E-state index in [0.717, 1.165) is 11.3 Å². The standard InChI is InChI=1S/C10H13N5O/c1-16-8-4-2-3-7(5-8)9(6-11)10-12-14-15-13-10/h2-5,9H,6,11H2,1H3,(H,12,13,14,15). The van der Waals surface area contributed by atoms with Crippen LogP contribution in [0.1, 0.15) is 17.3 Å². The molecule has 0 aliphatic heterocycles. The molecule has 1 atom stereocenters. The largest absolute Gasteiger partial charge is 0.497 e. The molecule has 0 aliphatic carbocycles. The van der Waals surface area contributed by atoms with E-state index in [1.165, 1.54) is 0 Å². The second-order valence-corrected chi connectivity index (χ2v) is 3.33. The normalized spacial score (nSPS) is 12.4. The number of ether oxygens (including phenoxy) is 1. The van der Waals surface area contributed by atoms with Gasteiger partial charge in [0, 0.05) is 6.54 Å². The zero-order chi connectivity index (χ0) is 11.4. The Hall–Kier alpha value is -1.95. The molecule has 0 amide bonds. The molecule has 6 nitrogen and oxygen atoms in total. The van der Waals surface area contributed by atoms with E-state index in [-0.39, 0.29) is 5.92 Å². The molecule has 0 saturated heterocycles. The molecule has 0 spiro atoms. The molecule has 0 fully saturated rings. The first kappa shape index (κ1) is 10.6. The second kappa shape index (κ2) is 4.71. The number of H-pyrrole nitrogens is 1. The summed E-state index contributed by atoms with van der Waals surface area (Å²) in [7, 11) is 1.63. The summed E-state index contributed by atoms with van der Waals surface area (Å²) in [5.41, 5.74) is 6.74. The molecule has 3 N–H and O–H groups in total. The van der Waals surface area contributed by atoms with Crippen molar-refractivity contribution < 1.29 is 4.74 Å². The van der Waals surface area contributed by atoms with Crippen LogP contribution in [0.4, 0.5) is 0 Å². The molecule has 1 aromatic carbocycles. The zero-order valence-corrected chi connectivity index (χ0v) is 8.92. The lowest BCUT2D eigenvalue weighted by atomic mass is 9.98. The Bertz CT molecular complexity index is 442. The highest BCUT2D eigenvalue weighted by molar-refractivity contribution is 5.33. The van der Waals surface area contributed by atoms with Crippen molar-refractivity contribution in [3.8, 4) is 5.75 Å². The summed E-state index contributed by atoms with van der Waals surface area (Å²) in [6.45, 7) is 0.423. The highest BCUT2D eigenvalue weighted by Gasteiger charge is 2.17. The van der Waals surface area contributed by atoms with Gasteiger partial charge in [-0.15, -0.1) is 10.2 Å². The third kappa shape index (κ3) is 2.01. The fourth-order valence-corrected chi connectivity index (χ4v) is 1.57. The van der Waals surface area contributed by atoms with Crippen molar-refractivity contribution in [2.45, 2.75) is 5.92 Å². The molecule has 1 unspecified atom stereocenters. The number of hydrogen-bond acceptors (Lipinski definition) is 5. The van der Waals surface area contributed by atoms with Crippen LogP contribution in [0.25, 0.3) is 0 Å². The minimum atomic E-state index is -0.0613. The Kier molecular flexibility index (Phi) is 3.11. The summed E-state index contributed by atoms with van der Waals surface area (Å²) in [4.78, 5) is 0. The van der Waals surface area contributed by atoms with Crippen LogP contribution in [-0.2, 0) is 0 Å². The zero-order valence-electron chi connectivity index (χ0n) is 8.92. The molecule has 16 heavy (non-hydrogen) atoms. The Morgan fingerprint density at radius 1 is 1.50 bits per heavy atom. The van der Waals surface area contributed by atoms with Crippen molar-refractivity contribution in [1.82, 2.24) is 20.6 Å². The van der Waals surface area contributed by atoms with Gasteiger partial charge in [-0.05, 0) is 17.7 Å². The van der Waals surface area contributed by atoms with Crippen molar-refractivity contribution in [1.29, 1.82) is 0 Å². The molecule has 0 aliphatic rings. The van der Waals surface area contributed by atoms with Crippen LogP contribution in [0.2, 0.25) is 0 Å². The molecule has 1 aromatic heterocycles. The van der Waals surface area contributed by atoms with Crippen LogP contribution in [0.3, 0.4) is 0 Å². The van der Waals surface area contributed by atoms with Gasteiger partial charge in [-0.1, -0.05) is 17.3 Å². The maximum atomic E-state index is 5.73. The van der Waals surface area contributed by atoms with Crippen LogP contribution in [0.5, 0.6) is 5.75 Å². The number of benzene rings is 1. The van der Waals surface area contributed by atoms with Crippen LogP contribution in [0.15, 0.2) is 24.3 Å². The predicted octanol–water partition coefficient (Wildman–Crippen LogP) is 0.299. The predicted molar refractivity (Wildman–Crippen MR) is 58.1 cm³/mol. The lowest BCUT2D eigenvalue weighted by Gasteiger charge is -2.11. The number of aromatic nitrogens is 4. The van der Waals surface area contributed by atoms with E-state index in [1.54, 1.807) is 7.11 Å². The van der Waals surface area contributed by atoms with Crippen molar-refractivity contribution in [3.63, 3.8) is 0 Å². The molecule has 0 saturated carbocycles. The van der Waals surface area contributed by atoms with Gasteiger partial charge >= 0.3 is 0 Å². The van der Waals surface area contributed by atoms with E-state index in [1.807, 2.05) is 24.3 Å². The number of nitrogens with zero attached hydrogens (tertiary/aromatic N) is 3. The van der Waals surface area contributed by atoms with Gasteiger partial charge in [-0.2, -0.15) is 5.21 Å². The van der Waals surface area contributed by atoms with E-state index in [9.17, 15) is 0 Å². The summed E-state index contributed by atoms with van der Waals surface area (Å²) in [6, 6.07) is 7.69. The first-order valence-corrected chi connectivity index (χ1v) is 4.92. The summed E-state index contributed by atoms with van der Waals surface area (Å²) < 4.78 is 5.16. The second-order valence-electron chi connectivity index (χ2n) is 3.33. The van der Waals surface area contributed by atoms with Gasteiger partial charge in [0.1, 0.15) is 5.75 Å². The smallest absolute Gasteiger partial charge is 0.183 e. The highest BCUT2D eigenvalue weighted by Crippen LogP contribution is 2.23. The van der Waals surface area contributed by atoms with Crippen LogP contribution in [0, 0.1) is 0 Å². The first-order valence-electron chi connectivity index (χ1n) is 4.92. The van der Waals surface area contributed by atoms with Gasteiger partial charge < -0.3 is 10.5 Å². The Morgan fingerprint density at radius 3 is 3.00 bits per heavy atom. The average Bonchev–Trinajstić information content (AvgIpc) is 2.84. The molecule has 2 rings (SSSR count). The fourth-order valence-electron chi connectivity index (χ4n) is 1.57. The minimum Gasteiger partial charge on any atom is -0.497 e. The van der Waals surface area contributed by atoms with E-state index < -0.39 is 0 Å². The molecule has 0 bridgehead atoms. The van der Waals surface area contributed by atoms with Gasteiger partial charge in [0.25, 0.3) is 0 Å². The van der Waals surface area contributed by atoms with E-state index in [0.29, 0.717) is 12.4 Å². The highest BCUT2D eigenvalue weighted by atomic mass is 16.5. The number of hydrogen-bond donors (Lipinski definition) is 2. The van der Waals surface area contributed by atoms with Crippen LogP contribution in [-0.4, -0.2) is 34.3 Å². The molecule has 6 heteroatoms. The SMILES string of the molecule is COc1cccc(C(CN)c2nn[nH]n2)c1. The summed E-state index contributed by atoms with van der Waals surface area (Å²) >= 11 is 0. The van der Waals surface area contributed by atoms with Crippen molar-refractivity contribution in [3.05, 3.63) is 35.7 Å². The molecule has 0 radical (unpaired) electrons. The van der Waals surface area contributed by atoms with Gasteiger partial charge in [0.05, 0.1) is 13.0 Å². The Morgan fingerprint density at radius 2 is 2.38 bits per heavy atom. The van der Waals surface area contributed by atoms with Crippen molar-refractivity contribution in [2.75, 3.05) is 13.7 Å². The number of nitrogens with one attached hydrogen (secondary N) is 1. The minimum absolute atomic E-state index is 0.0613. The number of rotatable bonds is 4. The van der Waals surface area contributed by atoms with Crippen molar-refractivity contribution in [2.24, 2.45) is 5.73 Å². The lowest BCUT2D eigenvalue weighted by Crippen LogP contribution is -2.15. The maximum Gasteiger partial charge on any atom is 0.183 e. The fraction of sp³-hybridized carbons (Fsp3) is 0.300. The topological polar surface area (TPSA) is 89.7 Å². The third-order valence-electron chi connectivity index (χ3n) is 2.41. The lowest BCUT2D eigenvalue weighted by molar-refractivity contribution is 0.414. The van der Waals surface area contributed by atoms with Crippen LogP contribution < -0.4 is 10.5 Å². The monoisotopic (exact) mass is 219 g/mol. The molecular formula is C10H13N5O.